The van der Waals surface area contributed by atoms with Gasteiger partial charge in [0.25, 0.3) is 0 Å². The molecule has 0 spiro atoms. The van der Waals surface area contributed by atoms with Gasteiger partial charge < -0.3 is 5.73 Å². The van der Waals surface area contributed by atoms with Crippen molar-refractivity contribution in [2.45, 2.75) is 57.4 Å². The van der Waals surface area contributed by atoms with Gasteiger partial charge in [-0.3, -0.25) is 0 Å². The van der Waals surface area contributed by atoms with Crippen molar-refractivity contribution in [2.24, 2.45) is 17.6 Å². The van der Waals surface area contributed by atoms with Crippen LogP contribution in [0.4, 0.5) is 0 Å². The summed E-state index contributed by atoms with van der Waals surface area (Å²) in [5, 5.41) is 0. The maximum absolute atomic E-state index is 6.67. The van der Waals surface area contributed by atoms with Crippen molar-refractivity contribution in [3.05, 3.63) is 35.4 Å². The van der Waals surface area contributed by atoms with Gasteiger partial charge in [0.2, 0.25) is 0 Å². The summed E-state index contributed by atoms with van der Waals surface area (Å²) in [5.74, 6) is 2.33. The smallest absolute Gasteiger partial charge is 0.0226 e. The van der Waals surface area contributed by atoms with E-state index in [-0.39, 0.29) is 5.54 Å². The molecule has 0 aliphatic heterocycles. The first-order valence-corrected chi connectivity index (χ1v) is 7.44. The highest BCUT2D eigenvalue weighted by molar-refractivity contribution is 5.27. The highest BCUT2D eigenvalue weighted by Gasteiger charge is 2.48. The third kappa shape index (κ3) is 2.09. The maximum atomic E-state index is 6.67. The summed E-state index contributed by atoms with van der Waals surface area (Å²) in [6.45, 7) is 4.49. The molecule has 3 unspecified atom stereocenters. The van der Waals surface area contributed by atoms with Crippen LogP contribution >= 0.6 is 0 Å². The zero-order valence-electron chi connectivity index (χ0n) is 11.7. The maximum Gasteiger partial charge on any atom is 0.0226 e. The lowest BCUT2D eigenvalue weighted by atomic mass is 9.77. The minimum atomic E-state index is 0.0995. The fraction of sp³-hybridized carbons (Fsp3) is 0.647. The lowest BCUT2D eigenvalue weighted by Crippen LogP contribution is -2.46. The van der Waals surface area contributed by atoms with Crippen molar-refractivity contribution in [3.8, 4) is 0 Å². The van der Waals surface area contributed by atoms with Crippen LogP contribution in [0.1, 0.15) is 56.6 Å². The predicted molar refractivity (Wildman–Crippen MR) is 76.6 cm³/mol. The van der Waals surface area contributed by atoms with E-state index in [1.54, 1.807) is 0 Å². The molecule has 98 valence electrons. The summed E-state index contributed by atoms with van der Waals surface area (Å²) in [6.07, 6.45) is 6.51. The van der Waals surface area contributed by atoms with E-state index in [0.717, 1.165) is 18.3 Å². The molecule has 3 rings (SSSR count). The average Bonchev–Trinajstić information content (AvgIpc) is 2.89. The molecule has 0 heterocycles. The van der Waals surface area contributed by atoms with Crippen LogP contribution in [-0.2, 0) is 6.42 Å². The predicted octanol–water partition coefficient (Wildman–Crippen LogP) is 3.87. The van der Waals surface area contributed by atoms with Crippen molar-refractivity contribution in [1.82, 2.24) is 0 Å². The van der Waals surface area contributed by atoms with Crippen LogP contribution < -0.4 is 5.73 Å². The minimum absolute atomic E-state index is 0.0995. The second-order valence-corrected chi connectivity index (χ2v) is 6.89. The number of hydrogen-bond acceptors (Lipinski definition) is 1. The van der Waals surface area contributed by atoms with E-state index >= 15 is 0 Å². The van der Waals surface area contributed by atoms with Gasteiger partial charge in [0.15, 0.2) is 0 Å². The molecule has 2 aliphatic carbocycles. The van der Waals surface area contributed by atoms with Gasteiger partial charge >= 0.3 is 0 Å². The van der Waals surface area contributed by atoms with E-state index in [4.69, 9.17) is 5.73 Å². The lowest BCUT2D eigenvalue weighted by molar-refractivity contribution is 0.269. The third-order valence-electron chi connectivity index (χ3n) is 5.20. The molecular weight excluding hydrogens is 218 g/mol. The SMILES string of the molecule is CC(C)c1ccc(CC2(N)CC3CCC2C3)cc1. The summed E-state index contributed by atoms with van der Waals surface area (Å²) >= 11 is 0. The quantitative estimate of drug-likeness (QED) is 0.857. The molecule has 2 N–H and O–H groups in total. The molecule has 3 atom stereocenters. The summed E-state index contributed by atoms with van der Waals surface area (Å²) in [6, 6.07) is 9.12. The molecular formula is C17H25N. The Morgan fingerprint density at radius 2 is 1.94 bits per heavy atom. The fourth-order valence-corrected chi connectivity index (χ4v) is 4.10. The molecule has 2 aliphatic rings. The first-order chi connectivity index (χ1) is 8.57. The van der Waals surface area contributed by atoms with Gasteiger partial charge in [-0.05, 0) is 54.6 Å². The van der Waals surface area contributed by atoms with E-state index < -0.39 is 0 Å². The largest absolute Gasteiger partial charge is 0.325 e. The standard InChI is InChI=1S/C17H25N/c1-12(2)15-6-3-13(4-7-15)10-17(18)11-14-5-8-16(17)9-14/h3-4,6-7,12,14,16H,5,8-11,18H2,1-2H3. The Morgan fingerprint density at radius 3 is 2.44 bits per heavy atom. The van der Waals surface area contributed by atoms with E-state index in [9.17, 15) is 0 Å². The molecule has 18 heavy (non-hydrogen) atoms. The number of nitrogens with two attached hydrogens (primary N) is 1. The Kier molecular flexibility index (Phi) is 2.97. The second-order valence-electron chi connectivity index (χ2n) is 6.89. The molecule has 0 radical (unpaired) electrons. The van der Waals surface area contributed by atoms with E-state index in [1.807, 2.05) is 0 Å². The zero-order chi connectivity index (χ0) is 12.8. The van der Waals surface area contributed by atoms with E-state index in [0.29, 0.717) is 5.92 Å². The van der Waals surface area contributed by atoms with Gasteiger partial charge in [0, 0.05) is 5.54 Å². The van der Waals surface area contributed by atoms with Crippen LogP contribution in [0.3, 0.4) is 0 Å². The molecule has 1 aromatic rings. The molecule has 1 heteroatoms. The first kappa shape index (κ1) is 12.2. The number of fused-ring (bicyclic) bond motifs is 2. The number of hydrogen-bond donors (Lipinski definition) is 1. The Balaban J connectivity index is 1.73. The lowest BCUT2D eigenvalue weighted by Gasteiger charge is -2.34. The molecule has 1 nitrogen and oxygen atoms in total. The summed E-state index contributed by atoms with van der Waals surface area (Å²) in [5.41, 5.74) is 9.63. The minimum Gasteiger partial charge on any atom is -0.325 e. The van der Waals surface area contributed by atoms with Crippen LogP contribution in [0, 0.1) is 11.8 Å². The molecule has 0 aromatic heterocycles. The normalized spacial score (nSPS) is 34.4. The Hall–Kier alpha value is -0.820. The van der Waals surface area contributed by atoms with Crippen LogP contribution in [0.15, 0.2) is 24.3 Å². The van der Waals surface area contributed by atoms with Crippen LogP contribution in [0.2, 0.25) is 0 Å². The number of benzene rings is 1. The van der Waals surface area contributed by atoms with Crippen LogP contribution in [0.5, 0.6) is 0 Å². The van der Waals surface area contributed by atoms with Crippen molar-refractivity contribution < 1.29 is 0 Å². The molecule has 0 saturated heterocycles. The summed E-state index contributed by atoms with van der Waals surface area (Å²) < 4.78 is 0. The topological polar surface area (TPSA) is 26.0 Å². The molecule has 2 saturated carbocycles. The van der Waals surface area contributed by atoms with Crippen LogP contribution in [0.25, 0.3) is 0 Å². The number of rotatable bonds is 3. The molecule has 2 fully saturated rings. The van der Waals surface area contributed by atoms with Gasteiger partial charge in [-0.15, -0.1) is 0 Å². The van der Waals surface area contributed by atoms with Gasteiger partial charge in [0.05, 0.1) is 0 Å². The van der Waals surface area contributed by atoms with Gasteiger partial charge in [-0.1, -0.05) is 44.5 Å². The monoisotopic (exact) mass is 243 g/mol. The molecule has 2 bridgehead atoms. The van der Waals surface area contributed by atoms with Crippen molar-refractivity contribution in [1.29, 1.82) is 0 Å². The summed E-state index contributed by atoms with van der Waals surface area (Å²) in [7, 11) is 0. The van der Waals surface area contributed by atoms with Crippen molar-refractivity contribution in [2.75, 3.05) is 0 Å². The van der Waals surface area contributed by atoms with Gasteiger partial charge in [-0.25, -0.2) is 0 Å². The molecule has 1 aromatic carbocycles. The molecule has 0 amide bonds. The van der Waals surface area contributed by atoms with Gasteiger partial charge in [0.1, 0.15) is 0 Å². The highest BCUT2D eigenvalue weighted by atomic mass is 14.8. The summed E-state index contributed by atoms with van der Waals surface area (Å²) in [4.78, 5) is 0. The van der Waals surface area contributed by atoms with E-state index in [1.165, 1.54) is 36.8 Å². The van der Waals surface area contributed by atoms with E-state index in [2.05, 4.69) is 38.1 Å². The zero-order valence-corrected chi connectivity index (χ0v) is 11.7. The van der Waals surface area contributed by atoms with Gasteiger partial charge in [-0.2, -0.15) is 0 Å². The van der Waals surface area contributed by atoms with Crippen molar-refractivity contribution in [3.63, 3.8) is 0 Å². The Labute approximate surface area is 111 Å². The first-order valence-electron chi connectivity index (χ1n) is 7.44. The Morgan fingerprint density at radius 1 is 1.22 bits per heavy atom. The Bertz CT molecular complexity index is 420. The third-order valence-corrected chi connectivity index (χ3v) is 5.20. The fourth-order valence-electron chi connectivity index (χ4n) is 4.10. The second kappa shape index (κ2) is 4.38. The average molecular weight is 243 g/mol. The highest BCUT2D eigenvalue weighted by Crippen LogP contribution is 2.50. The van der Waals surface area contributed by atoms with Crippen molar-refractivity contribution >= 4 is 0 Å². The van der Waals surface area contributed by atoms with Crippen LogP contribution in [-0.4, -0.2) is 5.54 Å².